The largest absolute Gasteiger partial charge is 0.508 e. The van der Waals surface area contributed by atoms with E-state index in [0.717, 1.165) is 5.56 Å². The third kappa shape index (κ3) is 4.46. The lowest BCUT2D eigenvalue weighted by atomic mass is 9.95. The summed E-state index contributed by atoms with van der Waals surface area (Å²) < 4.78 is 7.43. The summed E-state index contributed by atoms with van der Waals surface area (Å²) in [5.41, 5.74) is 2.70. The number of hydrogen-bond acceptors (Lipinski definition) is 6. The molecule has 0 spiro atoms. The number of carbonyl (C=O) groups excluding carboxylic acids is 1. The number of rotatable bonds is 5. The number of benzene rings is 3. The highest BCUT2D eigenvalue weighted by Gasteiger charge is 2.32. The number of phenolic OH excluding ortho intramolecular Hbond substituents is 1. The minimum atomic E-state index is -0.702. The van der Waals surface area contributed by atoms with Crippen LogP contribution in [0.3, 0.4) is 0 Å². The number of allylic oxidation sites excluding steroid dienone is 1. The summed E-state index contributed by atoms with van der Waals surface area (Å²) in [5.74, 6) is 0.394. The molecule has 7 nitrogen and oxygen atoms in total. The van der Waals surface area contributed by atoms with Crippen LogP contribution in [-0.4, -0.2) is 22.7 Å². The number of fused-ring (bicyclic) bond motifs is 1. The monoisotopic (exact) mass is 497 g/mol. The van der Waals surface area contributed by atoms with E-state index in [1.807, 2.05) is 42.5 Å². The highest BCUT2D eigenvalue weighted by atomic mass is 32.1. The molecule has 1 aliphatic heterocycles. The zero-order valence-corrected chi connectivity index (χ0v) is 20.5. The molecule has 4 aromatic rings. The van der Waals surface area contributed by atoms with E-state index in [-0.39, 0.29) is 17.2 Å². The van der Waals surface area contributed by atoms with Gasteiger partial charge in [-0.25, -0.2) is 4.99 Å². The van der Waals surface area contributed by atoms with Crippen LogP contribution in [0.4, 0.5) is 5.69 Å². The molecule has 3 aromatic carbocycles. The fourth-order valence-electron chi connectivity index (χ4n) is 4.22. The molecule has 0 aliphatic carbocycles. The van der Waals surface area contributed by atoms with Crippen molar-refractivity contribution in [1.82, 2.24) is 4.57 Å². The molecule has 36 heavy (non-hydrogen) atoms. The molecule has 2 heterocycles. The van der Waals surface area contributed by atoms with E-state index < -0.39 is 6.04 Å². The third-order valence-electron chi connectivity index (χ3n) is 5.88. The first-order valence-corrected chi connectivity index (χ1v) is 12.1. The Morgan fingerprint density at radius 1 is 1.08 bits per heavy atom. The van der Waals surface area contributed by atoms with Crippen molar-refractivity contribution in [2.75, 3.05) is 12.4 Å². The summed E-state index contributed by atoms with van der Waals surface area (Å²) >= 11 is 1.24. The number of amides is 1. The van der Waals surface area contributed by atoms with Crippen molar-refractivity contribution in [1.29, 1.82) is 0 Å². The second kappa shape index (κ2) is 9.67. The Morgan fingerprint density at radius 3 is 2.61 bits per heavy atom. The van der Waals surface area contributed by atoms with Crippen LogP contribution in [0.5, 0.6) is 11.5 Å². The second-order valence-electron chi connectivity index (χ2n) is 8.27. The lowest BCUT2D eigenvalue weighted by molar-refractivity contribution is -0.113. The number of thiazole rings is 1. The number of ether oxygens (including phenoxy) is 1. The van der Waals surface area contributed by atoms with E-state index in [1.165, 1.54) is 11.3 Å². The van der Waals surface area contributed by atoms with Crippen LogP contribution < -0.4 is 24.9 Å². The van der Waals surface area contributed by atoms with Crippen LogP contribution in [0.2, 0.25) is 0 Å². The lowest BCUT2D eigenvalue weighted by Gasteiger charge is -2.25. The van der Waals surface area contributed by atoms with Gasteiger partial charge in [-0.2, -0.15) is 0 Å². The van der Waals surface area contributed by atoms with Crippen molar-refractivity contribution in [3.63, 3.8) is 0 Å². The molecular weight excluding hydrogens is 474 g/mol. The van der Waals surface area contributed by atoms with Crippen LogP contribution in [0.15, 0.2) is 99.9 Å². The molecule has 1 atom stereocenters. The van der Waals surface area contributed by atoms with Gasteiger partial charge < -0.3 is 15.2 Å². The van der Waals surface area contributed by atoms with Crippen LogP contribution in [0.1, 0.15) is 24.1 Å². The van der Waals surface area contributed by atoms with Gasteiger partial charge in [-0.1, -0.05) is 53.8 Å². The van der Waals surface area contributed by atoms with E-state index in [1.54, 1.807) is 61.1 Å². The molecule has 0 bridgehead atoms. The number of carbonyl (C=O) groups is 1. The number of nitrogens with zero attached hydrogens (tertiary/aromatic N) is 2. The summed E-state index contributed by atoms with van der Waals surface area (Å²) in [5, 5.41) is 12.8. The van der Waals surface area contributed by atoms with Gasteiger partial charge in [-0.3, -0.25) is 14.2 Å². The Labute approximate surface area is 211 Å². The predicted molar refractivity (Wildman–Crippen MR) is 140 cm³/mol. The number of aromatic nitrogens is 1. The molecule has 0 fully saturated rings. The SMILES string of the molecule is COc1cccc([C@H]2C(C(=O)Nc3ccccc3)=C(C)N=c3s/c(=C/c4cccc(O)c4)c(=O)n32)c1. The number of methoxy groups -OCH3 is 1. The van der Waals surface area contributed by atoms with Crippen molar-refractivity contribution in [3.05, 3.63) is 121 Å². The van der Waals surface area contributed by atoms with Gasteiger partial charge in [0.05, 0.1) is 29.0 Å². The normalized spacial score (nSPS) is 15.3. The molecule has 1 aromatic heterocycles. The topological polar surface area (TPSA) is 92.9 Å². The number of aromatic hydroxyl groups is 1. The summed E-state index contributed by atoms with van der Waals surface area (Å²) in [6.45, 7) is 1.78. The van der Waals surface area contributed by atoms with E-state index in [2.05, 4.69) is 10.3 Å². The fourth-order valence-corrected chi connectivity index (χ4v) is 5.27. The van der Waals surface area contributed by atoms with Gasteiger partial charge in [-0.15, -0.1) is 0 Å². The van der Waals surface area contributed by atoms with Gasteiger partial charge in [0.2, 0.25) is 0 Å². The molecule has 0 saturated carbocycles. The van der Waals surface area contributed by atoms with Gasteiger partial charge >= 0.3 is 0 Å². The molecule has 1 aliphatic rings. The van der Waals surface area contributed by atoms with Gasteiger partial charge in [0.1, 0.15) is 11.5 Å². The first-order valence-electron chi connectivity index (χ1n) is 11.3. The maximum absolute atomic E-state index is 13.7. The summed E-state index contributed by atoms with van der Waals surface area (Å²) in [4.78, 5) is 32.4. The average Bonchev–Trinajstić information content (AvgIpc) is 3.18. The van der Waals surface area contributed by atoms with Crippen molar-refractivity contribution in [2.24, 2.45) is 4.99 Å². The molecule has 0 unspecified atom stereocenters. The Balaban J connectivity index is 1.69. The zero-order chi connectivity index (χ0) is 25.2. The van der Waals surface area contributed by atoms with E-state index in [0.29, 0.717) is 37.6 Å². The molecule has 1 amide bonds. The van der Waals surface area contributed by atoms with Crippen LogP contribution >= 0.6 is 11.3 Å². The molecule has 180 valence electrons. The predicted octanol–water partition coefficient (Wildman–Crippen LogP) is 3.59. The molecule has 5 rings (SSSR count). The van der Waals surface area contributed by atoms with Gasteiger partial charge in [0.15, 0.2) is 4.80 Å². The Morgan fingerprint density at radius 2 is 1.86 bits per heavy atom. The number of para-hydroxylation sites is 1. The second-order valence-corrected chi connectivity index (χ2v) is 9.28. The first-order chi connectivity index (χ1) is 17.4. The van der Waals surface area contributed by atoms with E-state index in [9.17, 15) is 14.7 Å². The number of phenols is 1. The Hall–Kier alpha value is -4.43. The minimum absolute atomic E-state index is 0.112. The summed E-state index contributed by atoms with van der Waals surface area (Å²) in [6.07, 6.45) is 1.72. The number of nitrogens with one attached hydrogen (secondary N) is 1. The quantitative estimate of drug-likeness (QED) is 0.441. The Bertz CT molecular complexity index is 1670. The first kappa shape index (κ1) is 23.3. The van der Waals surface area contributed by atoms with Crippen molar-refractivity contribution in [3.8, 4) is 11.5 Å². The maximum Gasteiger partial charge on any atom is 0.271 e. The minimum Gasteiger partial charge on any atom is -0.508 e. The van der Waals surface area contributed by atoms with Gasteiger partial charge in [0, 0.05) is 5.69 Å². The van der Waals surface area contributed by atoms with Crippen molar-refractivity contribution in [2.45, 2.75) is 13.0 Å². The highest BCUT2D eigenvalue weighted by Crippen LogP contribution is 2.32. The molecule has 8 heteroatoms. The van der Waals surface area contributed by atoms with Crippen LogP contribution in [0, 0.1) is 0 Å². The fraction of sp³-hybridized carbons (Fsp3) is 0.107. The highest BCUT2D eigenvalue weighted by molar-refractivity contribution is 7.07. The van der Waals surface area contributed by atoms with Gasteiger partial charge in [-0.05, 0) is 60.5 Å². The van der Waals surface area contributed by atoms with E-state index >= 15 is 0 Å². The molecular formula is C28H23N3O4S. The average molecular weight is 498 g/mol. The number of hydrogen-bond donors (Lipinski definition) is 2. The molecule has 0 saturated heterocycles. The Kier molecular flexibility index (Phi) is 6.26. The standard InChI is InChI=1S/C28H23N3O4S/c1-17-24(26(33)30-20-10-4-3-5-11-20)25(19-9-7-13-22(16-19)35-2)31-27(34)23(36-28(31)29-17)15-18-8-6-12-21(32)14-18/h3-16,25,32H,1-2H3,(H,30,33)/b23-15+/t25-/m0/s1. The lowest BCUT2D eigenvalue weighted by Crippen LogP contribution is -2.40. The number of anilines is 1. The van der Waals surface area contributed by atoms with Crippen molar-refractivity contribution < 1.29 is 14.6 Å². The smallest absolute Gasteiger partial charge is 0.271 e. The summed E-state index contributed by atoms with van der Waals surface area (Å²) in [7, 11) is 1.57. The van der Waals surface area contributed by atoms with Crippen molar-refractivity contribution >= 4 is 29.0 Å². The third-order valence-corrected chi connectivity index (χ3v) is 6.86. The maximum atomic E-state index is 13.7. The van der Waals surface area contributed by atoms with E-state index in [4.69, 9.17) is 4.74 Å². The zero-order valence-electron chi connectivity index (χ0n) is 19.6. The summed E-state index contributed by atoms with van der Waals surface area (Å²) in [6, 6.07) is 22.5. The molecule has 2 N–H and O–H groups in total. The van der Waals surface area contributed by atoms with Crippen LogP contribution in [0.25, 0.3) is 6.08 Å². The van der Waals surface area contributed by atoms with Gasteiger partial charge in [0.25, 0.3) is 11.5 Å². The van der Waals surface area contributed by atoms with Crippen LogP contribution in [-0.2, 0) is 4.79 Å². The molecule has 0 radical (unpaired) electrons.